The summed E-state index contributed by atoms with van der Waals surface area (Å²) in [6.07, 6.45) is 3.60. The molecule has 2 aromatic heterocycles. The number of fused-ring (bicyclic) bond motifs is 1. The van der Waals surface area contributed by atoms with Gasteiger partial charge in [0.15, 0.2) is 0 Å². The van der Waals surface area contributed by atoms with Gasteiger partial charge in [-0.1, -0.05) is 23.8 Å². The number of amides is 3. The first-order valence-electron chi connectivity index (χ1n) is 12.1. The van der Waals surface area contributed by atoms with Gasteiger partial charge in [-0.2, -0.15) is 5.10 Å². The Morgan fingerprint density at radius 3 is 2.49 bits per heavy atom. The molecule has 0 aliphatic rings. The number of aryl methyl sites for hydroxylation is 2. The van der Waals surface area contributed by atoms with Crippen LogP contribution in [0.1, 0.15) is 43.8 Å². The molecule has 4 rings (SSSR count). The van der Waals surface area contributed by atoms with Crippen molar-refractivity contribution in [3.63, 3.8) is 0 Å². The van der Waals surface area contributed by atoms with Crippen LogP contribution in [-0.2, 0) is 13.1 Å². The summed E-state index contributed by atoms with van der Waals surface area (Å²) in [7, 11) is 1.47. The van der Waals surface area contributed by atoms with Crippen molar-refractivity contribution >= 4 is 46.3 Å². The minimum Gasteiger partial charge on any atom is -0.494 e. The zero-order valence-corrected chi connectivity index (χ0v) is 22.5. The van der Waals surface area contributed by atoms with Gasteiger partial charge in [-0.05, 0) is 56.3 Å². The lowest BCUT2D eigenvalue weighted by molar-refractivity contribution is 0.0955. The molecule has 0 saturated heterocycles. The maximum atomic E-state index is 13.2. The van der Waals surface area contributed by atoms with Gasteiger partial charge in [0.05, 0.1) is 18.3 Å². The quantitative estimate of drug-likeness (QED) is 0.258. The van der Waals surface area contributed by atoms with E-state index < -0.39 is 5.91 Å². The molecule has 0 unspecified atom stereocenters. The summed E-state index contributed by atoms with van der Waals surface area (Å²) in [5, 5.41) is 10.5. The fraction of sp³-hybridized carbons (Fsp3) is 0.222. The fourth-order valence-corrected chi connectivity index (χ4v) is 4.18. The van der Waals surface area contributed by atoms with Crippen molar-refractivity contribution in [3.8, 4) is 5.75 Å². The van der Waals surface area contributed by atoms with E-state index in [2.05, 4.69) is 20.7 Å². The van der Waals surface area contributed by atoms with Gasteiger partial charge in [-0.3, -0.25) is 24.4 Å². The number of hydrogen-bond acceptors (Lipinski definition) is 6. The Bertz CT molecular complexity index is 1570. The van der Waals surface area contributed by atoms with E-state index in [0.717, 1.165) is 0 Å². The summed E-state index contributed by atoms with van der Waals surface area (Å²) in [4.78, 5) is 41.9. The second-order valence-electron chi connectivity index (χ2n) is 8.59. The molecule has 11 nitrogen and oxygen atoms in total. The number of anilines is 1. The minimum absolute atomic E-state index is 0.224. The summed E-state index contributed by atoms with van der Waals surface area (Å²) < 4.78 is 8.88. The normalized spacial score (nSPS) is 11.2. The van der Waals surface area contributed by atoms with Gasteiger partial charge in [-0.25, -0.2) is 4.98 Å². The molecular formula is C27H28ClN7O4. The lowest BCUT2D eigenvalue weighted by Crippen LogP contribution is -2.23. The zero-order valence-electron chi connectivity index (χ0n) is 21.7. The number of aromatic nitrogens is 4. The van der Waals surface area contributed by atoms with E-state index >= 15 is 0 Å². The molecule has 202 valence electrons. The Hall–Kier alpha value is -4.64. The first-order valence-corrected chi connectivity index (χ1v) is 12.5. The van der Waals surface area contributed by atoms with Crippen LogP contribution in [0.2, 0.25) is 5.02 Å². The number of imidazole rings is 1. The Labute approximate surface area is 229 Å². The largest absolute Gasteiger partial charge is 0.494 e. The van der Waals surface area contributed by atoms with E-state index in [4.69, 9.17) is 22.1 Å². The monoisotopic (exact) mass is 549 g/mol. The molecular weight excluding hydrogens is 522 g/mol. The van der Waals surface area contributed by atoms with E-state index in [-0.39, 0.29) is 36.4 Å². The minimum atomic E-state index is -0.631. The first-order chi connectivity index (χ1) is 18.7. The van der Waals surface area contributed by atoms with Gasteiger partial charge in [0.2, 0.25) is 11.9 Å². The Morgan fingerprint density at radius 2 is 1.82 bits per heavy atom. The fourth-order valence-electron chi connectivity index (χ4n) is 4.05. The number of halogens is 1. The Balaban J connectivity index is 1.61. The highest BCUT2D eigenvalue weighted by Crippen LogP contribution is 2.31. The first kappa shape index (κ1) is 27.4. The van der Waals surface area contributed by atoms with Crippen LogP contribution in [-0.4, -0.2) is 50.7 Å². The van der Waals surface area contributed by atoms with Gasteiger partial charge in [0, 0.05) is 35.8 Å². The van der Waals surface area contributed by atoms with Crippen molar-refractivity contribution in [1.29, 1.82) is 0 Å². The van der Waals surface area contributed by atoms with Crippen molar-refractivity contribution in [1.82, 2.24) is 24.6 Å². The highest BCUT2D eigenvalue weighted by atomic mass is 35.5. The number of nitrogens with zero attached hydrogens (tertiary/aromatic N) is 4. The number of nitrogens with two attached hydrogens (primary N) is 1. The predicted molar refractivity (Wildman–Crippen MR) is 148 cm³/mol. The lowest BCUT2D eigenvalue weighted by atomic mass is 10.1. The maximum Gasteiger partial charge on any atom is 0.276 e. The summed E-state index contributed by atoms with van der Waals surface area (Å²) in [6, 6.07) is 11.4. The number of allylic oxidation sites excluding steroid dienone is 1. The third-order valence-electron chi connectivity index (χ3n) is 5.91. The van der Waals surface area contributed by atoms with Crippen LogP contribution in [0.25, 0.3) is 11.0 Å². The van der Waals surface area contributed by atoms with Crippen molar-refractivity contribution in [2.45, 2.75) is 26.9 Å². The summed E-state index contributed by atoms with van der Waals surface area (Å²) >= 11 is 5.88. The van der Waals surface area contributed by atoms with Crippen molar-refractivity contribution < 1.29 is 19.1 Å². The average molecular weight is 550 g/mol. The lowest BCUT2D eigenvalue weighted by Gasteiger charge is -2.11. The van der Waals surface area contributed by atoms with Gasteiger partial charge in [0.25, 0.3) is 11.8 Å². The highest BCUT2D eigenvalue weighted by molar-refractivity contribution is 6.30. The Kier molecular flexibility index (Phi) is 8.30. The van der Waals surface area contributed by atoms with Gasteiger partial charge >= 0.3 is 0 Å². The van der Waals surface area contributed by atoms with Crippen LogP contribution in [0.5, 0.6) is 5.75 Å². The number of methoxy groups -OCH3 is 1. The summed E-state index contributed by atoms with van der Waals surface area (Å²) in [6.45, 7) is 4.78. The number of ether oxygens (including phenoxy) is 1. The van der Waals surface area contributed by atoms with E-state index in [9.17, 15) is 14.4 Å². The van der Waals surface area contributed by atoms with Gasteiger partial charge in [0.1, 0.15) is 17.0 Å². The molecule has 0 fully saturated rings. The highest BCUT2D eigenvalue weighted by Gasteiger charge is 2.21. The zero-order chi connectivity index (χ0) is 28.1. The van der Waals surface area contributed by atoms with Crippen molar-refractivity contribution in [3.05, 3.63) is 82.2 Å². The number of nitrogens with one attached hydrogen (secondary N) is 2. The van der Waals surface area contributed by atoms with Gasteiger partial charge < -0.3 is 20.4 Å². The number of hydrogen-bond donors (Lipinski definition) is 3. The van der Waals surface area contributed by atoms with Crippen LogP contribution < -0.4 is 21.1 Å². The molecule has 2 aromatic carbocycles. The van der Waals surface area contributed by atoms with Crippen molar-refractivity contribution in [2.75, 3.05) is 19.0 Å². The standard InChI is InChI=1S/C27H28ClN7O4/c1-4-35-21(13-16(2)33-35)26(38)32-27-31-20-14-18(24(29)36)15-22(39-3)23(20)34(27)12-6-5-11-30-25(37)17-7-9-19(28)10-8-17/h5-10,13-15H,4,11-12H2,1-3H3,(H2,29,36)(H,30,37)(H,31,32,38). The third kappa shape index (κ3) is 6.10. The topological polar surface area (TPSA) is 146 Å². The maximum absolute atomic E-state index is 13.2. The predicted octanol–water partition coefficient (Wildman–Crippen LogP) is 3.56. The van der Waals surface area contributed by atoms with Crippen LogP contribution in [0.3, 0.4) is 0 Å². The van der Waals surface area contributed by atoms with E-state index in [1.165, 1.54) is 13.2 Å². The number of carbonyl (C=O) groups is 3. The Morgan fingerprint density at radius 1 is 1.08 bits per heavy atom. The number of primary amides is 1. The SMILES string of the molecule is CCn1nc(C)cc1C(=O)Nc1nc2cc(C(N)=O)cc(OC)c2n1CC=CCNC(=O)c1ccc(Cl)cc1. The van der Waals surface area contributed by atoms with Crippen LogP contribution in [0.15, 0.2) is 54.6 Å². The molecule has 0 atom stereocenters. The van der Waals surface area contributed by atoms with E-state index in [1.807, 2.05) is 19.9 Å². The molecule has 0 radical (unpaired) electrons. The molecule has 0 saturated carbocycles. The van der Waals surface area contributed by atoms with Gasteiger partial charge in [-0.15, -0.1) is 0 Å². The van der Waals surface area contributed by atoms with Crippen LogP contribution >= 0.6 is 11.6 Å². The molecule has 4 aromatic rings. The summed E-state index contributed by atoms with van der Waals surface area (Å²) in [5.41, 5.74) is 8.30. The van der Waals surface area contributed by atoms with Crippen molar-refractivity contribution in [2.24, 2.45) is 5.73 Å². The van der Waals surface area contributed by atoms with E-state index in [0.29, 0.717) is 45.3 Å². The second-order valence-corrected chi connectivity index (χ2v) is 9.02. The molecule has 4 N–H and O–H groups in total. The summed E-state index contributed by atoms with van der Waals surface area (Å²) in [5.74, 6) is -0.642. The number of benzene rings is 2. The molecule has 0 aliphatic carbocycles. The van der Waals surface area contributed by atoms with Crippen LogP contribution in [0, 0.1) is 6.92 Å². The molecule has 12 heteroatoms. The molecule has 39 heavy (non-hydrogen) atoms. The molecule has 2 heterocycles. The number of carbonyl (C=O) groups excluding carboxylic acids is 3. The molecule has 3 amide bonds. The average Bonchev–Trinajstić information content (AvgIpc) is 3.47. The molecule has 0 spiro atoms. The second kappa shape index (κ2) is 11.8. The van der Waals surface area contributed by atoms with E-state index in [1.54, 1.807) is 51.7 Å². The number of rotatable bonds is 10. The molecule has 0 aliphatic heterocycles. The van der Waals surface area contributed by atoms with Crippen LogP contribution in [0.4, 0.5) is 5.95 Å². The smallest absolute Gasteiger partial charge is 0.276 e. The molecule has 0 bridgehead atoms. The third-order valence-corrected chi connectivity index (χ3v) is 6.16.